The Labute approximate surface area is 136 Å². The summed E-state index contributed by atoms with van der Waals surface area (Å²) in [6, 6.07) is 2.92. The summed E-state index contributed by atoms with van der Waals surface area (Å²) in [6.07, 6.45) is -1.06. The molecule has 1 atom stereocenters. The predicted octanol–water partition coefficient (Wildman–Crippen LogP) is 3.14. The average molecular weight is 396 g/mol. The molecule has 0 spiro atoms. The maximum Gasteiger partial charge on any atom is 0.426 e. The van der Waals surface area contributed by atoms with Gasteiger partial charge >= 0.3 is 16.4 Å². The molecule has 1 aliphatic rings. The lowest BCUT2D eigenvalue weighted by Crippen LogP contribution is -2.39. The van der Waals surface area contributed by atoms with Crippen molar-refractivity contribution in [2.45, 2.75) is 32.4 Å². The third-order valence-electron chi connectivity index (χ3n) is 2.74. The lowest BCUT2D eigenvalue weighted by molar-refractivity contribution is 0.0356. The number of carbonyl (C=O) groups is 1. The molecule has 6 nitrogen and oxygen atoms in total. The highest BCUT2D eigenvalue weighted by Gasteiger charge is 2.45. The molecule has 1 fully saturated rings. The molecule has 1 aromatic rings. The van der Waals surface area contributed by atoms with Gasteiger partial charge in [0.15, 0.2) is 0 Å². The Bertz CT molecular complexity index is 681. The van der Waals surface area contributed by atoms with Gasteiger partial charge in [-0.2, -0.15) is 12.7 Å². The molecule has 1 saturated heterocycles. The second-order valence-corrected chi connectivity index (χ2v) is 8.14. The summed E-state index contributed by atoms with van der Waals surface area (Å²) in [5.41, 5.74) is -0.582. The van der Waals surface area contributed by atoms with E-state index in [0.717, 1.165) is 6.07 Å². The first-order chi connectivity index (χ1) is 9.99. The smallest absolute Gasteiger partial charge is 0.426 e. The van der Waals surface area contributed by atoms with Crippen LogP contribution in [0, 0.1) is 5.82 Å². The molecule has 1 heterocycles. The Hall–Kier alpha value is -1.19. The van der Waals surface area contributed by atoms with E-state index in [1.807, 2.05) is 0 Å². The first-order valence-corrected chi connectivity index (χ1v) is 8.53. The van der Waals surface area contributed by atoms with Gasteiger partial charge in [0.25, 0.3) is 0 Å². The van der Waals surface area contributed by atoms with E-state index in [9.17, 15) is 17.6 Å². The number of ether oxygens (including phenoxy) is 1. The average Bonchev–Trinajstić information content (AvgIpc) is 2.61. The van der Waals surface area contributed by atoms with Gasteiger partial charge in [0, 0.05) is 4.47 Å². The molecular weight excluding hydrogens is 381 g/mol. The van der Waals surface area contributed by atoms with Gasteiger partial charge in [-0.05, 0) is 44.5 Å². The van der Waals surface area contributed by atoms with E-state index in [-0.39, 0.29) is 6.61 Å². The number of carbonyl (C=O) groups excluding carboxylic acids is 1. The van der Waals surface area contributed by atoms with Gasteiger partial charge in [0.2, 0.25) is 0 Å². The van der Waals surface area contributed by atoms with E-state index in [1.54, 1.807) is 20.8 Å². The predicted molar refractivity (Wildman–Crippen MR) is 79.8 cm³/mol. The molecule has 0 N–H and O–H groups in total. The van der Waals surface area contributed by atoms with E-state index >= 15 is 0 Å². The number of hydrogen-bond donors (Lipinski definition) is 0. The van der Waals surface area contributed by atoms with Gasteiger partial charge in [-0.3, -0.25) is 4.18 Å². The monoisotopic (exact) mass is 395 g/mol. The summed E-state index contributed by atoms with van der Waals surface area (Å²) in [4.78, 5) is 12.2. The van der Waals surface area contributed by atoms with Crippen molar-refractivity contribution in [3.8, 4) is 0 Å². The van der Waals surface area contributed by atoms with Gasteiger partial charge in [-0.1, -0.05) is 15.9 Å². The van der Waals surface area contributed by atoms with E-state index in [0.29, 0.717) is 14.3 Å². The van der Waals surface area contributed by atoms with Crippen LogP contribution in [-0.2, 0) is 19.2 Å². The lowest BCUT2D eigenvalue weighted by Gasteiger charge is -2.26. The van der Waals surface area contributed by atoms with Crippen LogP contribution in [0.4, 0.5) is 9.18 Å². The van der Waals surface area contributed by atoms with Crippen LogP contribution in [0.15, 0.2) is 22.7 Å². The van der Waals surface area contributed by atoms with Crippen molar-refractivity contribution in [2.75, 3.05) is 6.61 Å². The Balaban J connectivity index is 2.40. The molecule has 0 radical (unpaired) electrons. The first-order valence-electron chi connectivity index (χ1n) is 6.37. The summed E-state index contributed by atoms with van der Waals surface area (Å²) in [6.45, 7) is 4.55. The second kappa shape index (κ2) is 5.78. The number of nitrogens with zero attached hydrogens (tertiary/aromatic N) is 1. The molecule has 1 aromatic carbocycles. The van der Waals surface area contributed by atoms with Crippen LogP contribution in [0.1, 0.15) is 32.4 Å². The summed E-state index contributed by atoms with van der Waals surface area (Å²) < 4.78 is 48.1. The molecule has 1 amide bonds. The molecule has 0 unspecified atom stereocenters. The quantitative estimate of drug-likeness (QED) is 0.729. The van der Waals surface area contributed by atoms with Gasteiger partial charge in [-0.25, -0.2) is 9.18 Å². The molecule has 0 saturated carbocycles. The van der Waals surface area contributed by atoms with Crippen LogP contribution >= 0.6 is 15.9 Å². The fraction of sp³-hybridized carbons (Fsp3) is 0.462. The van der Waals surface area contributed by atoms with Gasteiger partial charge in [-0.15, -0.1) is 0 Å². The molecular formula is C13H15BrFNO5S. The third kappa shape index (κ3) is 3.76. The molecule has 9 heteroatoms. The maximum absolute atomic E-state index is 13.5. The summed E-state index contributed by atoms with van der Waals surface area (Å²) in [5, 5.41) is 0. The second-order valence-electron chi connectivity index (χ2n) is 5.74. The van der Waals surface area contributed by atoms with Crippen molar-refractivity contribution in [1.82, 2.24) is 4.31 Å². The van der Waals surface area contributed by atoms with Crippen molar-refractivity contribution in [3.05, 3.63) is 34.1 Å². The highest BCUT2D eigenvalue weighted by atomic mass is 79.9. The highest BCUT2D eigenvalue weighted by molar-refractivity contribution is 9.10. The molecule has 0 aromatic heterocycles. The molecule has 1 aliphatic heterocycles. The highest BCUT2D eigenvalue weighted by Crippen LogP contribution is 2.34. The Kier molecular flexibility index (Phi) is 4.51. The van der Waals surface area contributed by atoms with Crippen molar-refractivity contribution in [3.63, 3.8) is 0 Å². The summed E-state index contributed by atoms with van der Waals surface area (Å²) in [7, 11) is -4.26. The van der Waals surface area contributed by atoms with Crippen molar-refractivity contribution in [1.29, 1.82) is 0 Å². The van der Waals surface area contributed by atoms with Crippen molar-refractivity contribution in [2.24, 2.45) is 0 Å². The van der Waals surface area contributed by atoms with Crippen LogP contribution in [0.3, 0.4) is 0 Å². The minimum atomic E-state index is -4.26. The van der Waals surface area contributed by atoms with Gasteiger partial charge in [0.05, 0.1) is 6.61 Å². The van der Waals surface area contributed by atoms with Gasteiger partial charge < -0.3 is 4.74 Å². The SMILES string of the molecule is CC(C)(C)OC(=O)N1[C@@H](c2cc(F)cc(Br)c2)COS1(=O)=O. The van der Waals surface area contributed by atoms with Crippen molar-refractivity contribution >= 4 is 32.3 Å². The topological polar surface area (TPSA) is 72.9 Å². The van der Waals surface area contributed by atoms with Crippen LogP contribution in [0.5, 0.6) is 0 Å². The van der Waals surface area contributed by atoms with Crippen LogP contribution in [0.25, 0.3) is 0 Å². The van der Waals surface area contributed by atoms with E-state index in [2.05, 4.69) is 15.9 Å². The number of halogens is 2. The van der Waals surface area contributed by atoms with Crippen LogP contribution < -0.4 is 0 Å². The Morgan fingerprint density at radius 2 is 2.05 bits per heavy atom. The molecule has 0 bridgehead atoms. The zero-order chi connectivity index (χ0) is 16.7. The number of rotatable bonds is 1. The molecule has 122 valence electrons. The molecule has 0 aliphatic carbocycles. The molecule has 22 heavy (non-hydrogen) atoms. The van der Waals surface area contributed by atoms with Gasteiger partial charge in [0.1, 0.15) is 17.5 Å². The van der Waals surface area contributed by atoms with Crippen LogP contribution in [0.2, 0.25) is 0 Å². The van der Waals surface area contributed by atoms with Crippen LogP contribution in [-0.4, -0.2) is 31.0 Å². The van der Waals surface area contributed by atoms with E-state index in [4.69, 9.17) is 8.92 Å². The number of hydrogen-bond acceptors (Lipinski definition) is 5. The van der Waals surface area contributed by atoms with E-state index in [1.165, 1.54) is 12.1 Å². The number of benzene rings is 1. The zero-order valence-electron chi connectivity index (χ0n) is 12.2. The first kappa shape index (κ1) is 17.2. The zero-order valence-corrected chi connectivity index (χ0v) is 14.6. The van der Waals surface area contributed by atoms with Crippen molar-refractivity contribution < 1.29 is 26.5 Å². The summed E-state index contributed by atoms with van der Waals surface area (Å²) in [5.74, 6) is -0.558. The minimum Gasteiger partial charge on any atom is -0.443 e. The maximum atomic E-state index is 13.5. The summed E-state index contributed by atoms with van der Waals surface area (Å²) >= 11 is 3.13. The third-order valence-corrected chi connectivity index (χ3v) is 4.52. The van der Waals surface area contributed by atoms with E-state index < -0.39 is 33.9 Å². The molecule has 2 rings (SSSR count). The standard InChI is InChI=1S/C13H15BrFNO5S/c1-13(2,3)21-12(17)16-11(7-20-22(16,18)19)8-4-9(14)6-10(15)5-8/h4-6,11H,7H2,1-3H3/t11-/m1/s1. The fourth-order valence-electron chi connectivity index (χ4n) is 1.96. The minimum absolute atomic E-state index is 0.291. The fourth-order valence-corrected chi connectivity index (χ4v) is 3.57. The Morgan fingerprint density at radius 1 is 1.41 bits per heavy atom. The Morgan fingerprint density at radius 3 is 2.59 bits per heavy atom. The largest absolute Gasteiger partial charge is 0.443 e. The lowest BCUT2D eigenvalue weighted by atomic mass is 10.1. The normalized spacial score (nSPS) is 21.0. The number of amides is 1.